The first-order valence-electron chi connectivity index (χ1n) is 9.23. The average molecular weight is 356 g/mol. The number of rotatable bonds is 2. The van der Waals surface area contributed by atoms with E-state index >= 15 is 0 Å². The maximum atomic E-state index is 12.9. The predicted molar refractivity (Wildman–Crippen MR) is 96.0 cm³/mol. The van der Waals surface area contributed by atoms with Crippen molar-refractivity contribution in [2.24, 2.45) is 5.92 Å². The molecule has 0 saturated carbocycles. The van der Waals surface area contributed by atoms with Crippen LogP contribution in [-0.4, -0.2) is 70.4 Å². The third-order valence-corrected chi connectivity index (χ3v) is 5.22. The van der Waals surface area contributed by atoms with Crippen LogP contribution < -0.4 is 0 Å². The standard InChI is InChI=1S/C19H24N4O3/c1-14-4-6-22-13-16(20-17(22)11-14)19(25)23-5-2-3-15(12-23)18(24)21-7-9-26-10-8-21/h4,6,11,13,15H,2-3,5,7-10,12H2,1H3. The summed E-state index contributed by atoms with van der Waals surface area (Å²) in [6, 6.07) is 3.94. The van der Waals surface area contributed by atoms with Crippen molar-refractivity contribution in [3.05, 3.63) is 35.8 Å². The number of likely N-dealkylation sites (tertiary alicyclic amines) is 1. The van der Waals surface area contributed by atoms with Crippen LogP contribution in [0.5, 0.6) is 0 Å². The number of amides is 2. The summed E-state index contributed by atoms with van der Waals surface area (Å²) in [5, 5.41) is 0. The van der Waals surface area contributed by atoms with Crippen molar-refractivity contribution in [2.75, 3.05) is 39.4 Å². The van der Waals surface area contributed by atoms with Crippen LogP contribution >= 0.6 is 0 Å². The SMILES string of the molecule is Cc1ccn2cc(C(=O)N3CCCC(C(=O)N4CCOCC4)C3)nc2c1. The molecule has 2 aliphatic rings. The molecule has 0 aliphatic carbocycles. The van der Waals surface area contributed by atoms with E-state index in [4.69, 9.17) is 4.74 Å². The van der Waals surface area contributed by atoms with Gasteiger partial charge in [-0.25, -0.2) is 4.98 Å². The van der Waals surface area contributed by atoms with E-state index in [0.29, 0.717) is 45.1 Å². The lowest BCUT2D eigenvalue weighted by molar-refractivity contribution is -0.141. The van der Waals surface area contributed by atoms with Gasteiger partial charge in [0.15, 0.2) is 0 Å². The van der Waals surface area contributed by atoms with E-state index in [0.717, 1.165) is 24.1 Å². The molecule has 1 unspecified atom stereocenters. The lowest BCUT2D eigenvalue weighted by atomic mass is 9.96. The fourth-order valence-corrected chi connectivity index (χ4v) is 3.75. The Morgan fingerprint density at radius 3 is 2.81 bits per heavy atom. The lowest BCUT2D eigenvalue weighted by Gasteiger charge is -2.36. The molecule has 4 heterocycles. The molecule has 0 N–H and O–H groups in total. The molecule has 0 spiro atoms. The molecule has 4 rings (SSSR count). The third kappa shape index (κ3) is 3.31. The Labute approximate surface area is 152 Å². The molecule has 138 valence electrons. The Hall–Kier alpha value is -2.41. The molecule has 2 amide bonds. The first-order chi connectivity index (χ1) is 12.6. The summed E-state index contributed by atoms with van der Waals surface area (Å²) >= 11 is 0. The molecule has 2 fully saturated rings. The summed E-state index contributed by atoms with van der Waals surface area (Å²) in [4.78, 5) is 33.8. The molecule has 0 aromatic carbocycles. The second-order valence-corrected chi connectivity index (χ2v) is 7.12. The molecule has 26 heavy (non-hydrogen) atoms. The van der Waals surface area contributed by atoms with Crippen LogP contribution in [-0.2, 0) is 9.53 Å². The smallest absolute Gasteiger partial charge is 0.274 e. The highest BCUT2D eigenvalue weighted by Crippen LogP contribution is 2.21. The normalized spacial score (nSPS) is 21.2. The molecule has 2 saturated heterocycles. The fourth-order valence-electron chi connectivity index (χ4n) is 3.75. The van der Waals surface area contributed by atoms with Gasteiger partial charge < -0.3 is 18.9 Å². The second kappa shape index (κ2) is 7.07. The Kier molecular flexibility index (Phi) is 4.63. The highest BCUT2D eigenvalue weighted by atomic mass is 16.5. The maximum absolute atomic E-state index is 12.9. The average Bonchev–Trinajstić information content (AvgIpc) is 3.10. The molecule has 1 atom stereocenters. The van der Waals surface area contributed by atoms with Crippen LogP contribution in [0.25, 0.3) is 5.65 Å². The van der Waals surface area contributed by atoms with Gasteiger partial charge in [-0.3, -0.25) is 9.59 Å². The largest absolute Gasteiger partial charge is 0.378 e. The van der Waals surface area contributed by atoms with Crippen molar-refractivity contribution < 1.29 is 14.3 Å². The number of carbonyl (C=O) groups is 2. The zero-order valence-electron chi connectivity index (χ0n) is 15.1. The summed E-state index contributed by atoms with van der Waals surface area (Å²) in [5.74, 6) is -0.0627. The van der Waals surface area contributed by atoms with Crippen molar-refractivity contribution >= 4 is 17.5 Å². The van der Waals surface area contributed by atoms with E-state index in [2.05, 4.69) is 4.98 Å². The van der Waals surface area contributed by atoms with Crippen LogP contribution in [0.1, 0.15) is 28.9 Å². The number of aromatic nitrogens is 2. The quantitative estimate of drug-likeness (QED) is 0.815. The summed E-state index contributed by atoms with van der Waals surface area (Å²) in [6.45, 7) is 5.65. The van der Waals surface area contributed by atoms with Crippen LogP contribution in [0.4, 0.5) is 0 Å². The van der Waals surface area contributed by atoms with E-state index in [1.54, 1.807) is 11.1 Å². The molecule has 2 aromatic heterocycles. The Morgan fingerprint density at radius 1 is 1.19 bits per heavy atom. The molecule has 0 radical (unpaired) electrons. The number of pyridine rings is 1. The maximum Gasteiger partial charge on any atom is 0.274 e. The van der Waals surface area contributed by atoms with Crippen molar-refractivity contribution in [3.63, 3.8) is 0 Å². The summed E-state index contributed by atoms with van der Waals surface area (Å²) in [7, 11) is 0. The number of carbonyl (C=O) groups excluding carboxylic acids is 2. The minimum absolute atomic E-state index is 0.0918. The number of piperidine rings is 1. The number of ether oxygens (including phenoxy) is 1. The minimum Gasteiger partial charge on any atom is -0.378 e. The molecule has 7 nitrogen and oxygen atoms in total. The van der Waals surface area contributed by atoms with Crippen molar-refractivity contribution in [1.82, 2.24) is 19.2 Å². The van der Waals surface area contributed by atoms with Crippen molar-refractivity contribution in [3.8, 4) is 0 Å². The summed E-state index contributed by atoms with van der Waals surface area (Å²) in [5.41, 5.74) is 2.32. The van der Waals surface area contributed by atoms with Crippen LogP contribution in [0.15, 0.2) is 24.5 Å². The zero-order valence-corrected chi connectivity index (χ0v) is 15.1. The van der Waals surface area contributed by atoms with Gasteiger partial charge in [0.05, 0.1) is 19.1 Å². The number of imidazole rings is 1. The Bertz CT molecular complexity index is 825. The minimum atomic E-state index is -0.120. The van der Waals surface area contributed by atoms with Gasteiger partial charge in [0.2, 0.25) is 5.91 Å². The van der Waals surface area contributed by atoms with Gasteiger partial charge >= 0.3 is 0 Å². The summed E-state index contributed by atoms with van der Waals surface area (Å²) in [6.07, 6.45) is 5.36. The predicted octanol–water partition coefficient (Wildman–Crippen LogP) is 1.35. The van der Waals surface area contributed by atoms with Gasteiger partial charge in [0.1, 0.15) is 11.3 Å². The number of nitrogens with zero attached hydrogens (tertiary/aromatic N) is 4. The Balaban J connectivity index is 1.47. The van der Waals surface area contributed by atoms with Gasteiger partial charge in [-0.05, 0) is 37.5 Å². The lowest BCUT2D eigenvalue weighted by Crippen LogP contribution is -2.49. The van der Waals surface area contributed by atoms with E-state index in [1.807, 2.05) is 34.6 Å². The van der Waals surface area contributed by atoms with Crippen molar-refractivity contribution in [2.45, 2.75) is 19.8 Å². The highest BCUT2D eigenvalue weighted by molar-refractivity contribution is 5.93. The second-order valence-electron chi connectivity index (χ2n) is 7.12. The molecular formula is C19H24N4O3. The highest BCUT2D eigenvalue weighted by Gasteiger charge is 2.32. The number of hydrogen-bond donors (Lipinski definition) is 0. The number of hydrogen-bond acceptors (Lipinski definition) is 4. The topological polar surface area (TPSA) is 67.2 Å². The first-order valence-corrected chi connectivity index (χ1v) is 9.23. The van der Waals surface area contributed by atoms with Crippen LogP contribution in [0.2, 0.25) is 0 Å². The molecular weight excluding hydrogens is 332 g/mol. The number of fused-ring (bicyclic) bond motifs is 1. The fraction of sp³-hybridized carbons (Fsp3) is 0.526. The molecule has 2 aromatic rings. The van der Waals surface area contributed by atoms with E-state index < -0.39 is 0 Å². The van der Waals surface area contributed by atoms with Gasteiger partial charge in [-0.1, -0.05) is 0 Å². The van der Waals surface area contributed by atoms with E-state index in [-0.39, 0.29) is 17.7 Å². The van der Waals surface area contributed by atoms with Gasteiger partial charge in [0.25, 0.3) is 5.91 Å². The van der Waals surface area contributed by atoms with Gasteiger partial charge in [-0.15, -0.1) is 0 Å². The monoisotopic (exact) mass is 356 g/mol. The van der Waals surface area contributed by atoms with E-state index in [1.165, 1.54) is 0 Å². The van der Waals surface area contributed by atoms with E-state index in [9.17, 15) is 9.59 Å². The van der Waals surface area contributed by atoms with Crippen molar-refractivity contribution in [1.29, 1.82) is 0 Å². The number of morpholine rings is 1. The zero-order chi connectivity index (χ0) is 18.1. The molecule has 0 bridgehead atoms. The third-order valence-electron chi connectivity index (χ3n) is 5.22. The van der Waals surface area contributed by atoms with Gasteiger partial charge in [-0.2, -0.15) is 0 Å². The first kappa shape index (κ1) is 17.0. The summed E-state index contributed by atoms with van der Waals surface area (Å²) < 4.78 is 7.18. The number of aryl methyl sites for hydroxylation is 1. The van der Waals surface area contributed by atoms with Crippen LogP contribution in [0, 0.1) is 12.8 Å². The Morgan fingerprint density at radius 2 is 2.00 bits per heavy atom. The van der Waals surface area contributed by atoms with Gasteiger partial charge in [0, 0.05) is 38.6 Å². The van der Waals surface area contributed by atoms with Crippen LogP contribution in [0.3, 0.4) is 0 Å². The molecule has 7 heteroatoms. The molecule has 2 aliphatic heterocycles.